The van der Waals surface area contributed by atoms with Crippen LogP contribution in [0.25, 0.3) is 16.7 Å². The lowest BCUT2D eigenvalue weighted by Crippen LogP contribution is -2.19. The maximum absolute atomic E-state index is 15.2. The van der Waals surface area contributed by atoms with E-state index in [1.165, 1.54) is 6.07 Å². The molecule has 4 rings (SSSR count). The second-order valence-corrected chi connectivity index (χ2v) is 7.32. The zero-order valence-electron chi connectivity index (χ0n) is 15.7. The van der Waals surface area contributed by atoms with Crippen molar-refractivity contribution in [2.75, 3.05) is 0 Å². The summed E-state index contributed by atoms with van der Waals surface area (Å²) < 4.78 is 76.2. The normalized spacial score (nSPS) is 18.4. The van der Waals surface area contributed by atoms with E-state index in [2.05, 4.69) is 17.7 Å². The van der Waals surface area contributed by atoms with Gasteiger partial charge in [-0.15, -0.1) is 13.2 Å². The maximum atomic E-state index is 15.2. The largest absolute Gasteiger partial charge is 0.573 e. The predicted octanol–water partition coefficient (Wildman–Crippen LogP) is 7.02. The molecule has 7 heteroatoms. The average molecular weight is 410 g/mol. The fourth-order valence-electron chi connectivity index (χ4n) is 4.00. The molecule has 0 saturated heterocycles. The minimum Gasteiger partial charge on any atom is -0.485 e. The quantitative estimate of drug-likeness (QED) is 0.507. The number of benzene rings is 2. The molecule has 1 heterocycles. The minimum absolute atomic E-state index is 0.00240. The highest BCUT2D eigenvalue weighted by atomic mass is 19.4. The molecule has 0 spiro atoms. The zero-order valence-corrected chi connectivity index (χ0v) is 15.7. The Morgan fingerprint density at radius 3 is 2.41 bits per heavy atom. The first kappa shape index (κ1) is 19.7. The number of alkyl halides is 3. The Bertz CT molecular complexity index is 978. The zero-order chi connectivity index (χ0) is 20.8. The molecule has 29 heavy (non-hydrogen) atoms. The van der Waals surface area contributed by atoms with Crippen molar-refractivity contribution < 1.29 is 31.4 Å². The summed E-state index contributed by atoms with van der Waals surface area (Å²) in [5.74, 6) is -2.00. The molecule has 0 aromatic heterocycles. The molecule has 1 aliphatic carbocycles. The van der Waals surface area contributed by atoms with Crippen molar-refractivity contribution in [2.24, 2.45) is 5.92 Å². The van der Waals surface area contributed by atoms with Crippen molar-refractivity contribution in [3.63, 3.8) is 0 Å². The van der Waals surface area contributed by atoms with Crippen molar-refractivity contribution in [3.8, 4) is 22.6 Å². The van der Waals surface area contributed by atoms with Crippen molar-refractivity contribution >= 4 is 5.57 Å². The Morgan fingerprint density at radius 1 is 1.03 bits per heavy atom. The van der Waals surface area contributed by atoms with Gasteiger partial charge >= 0.3 is 6.36 Å². The van der Waals surface area contributed by atoms with E-state index in [-0.39, 0.29) is 17.9 Å². The highest BCUT2D eigenvalue weighted by molar-refractivity contribution is 5.80. The highest BCUT2D eigenvalue weighted by Crippen LogP contribution is 2.45. The Balaban J connectivity index is 1.71. The van der Waals surface area contributed by atoms with Crippen LogP contribution in [-0.2, 0) is 6.61 Å². The molecule has 1 atom stereocenters. The third kappa shape index (κ3) is 3.70. The van der Waals surface area contributed by atoms with E-state index in [9.17, 15) is 17.6 Å². The number of hydrogen-bond donors (Lipinski definition) is 0. The molecule has 1 unspecified atom stereocenters. The minimum atomic E-state index is -5.01. The van der Waals surface area contributed by atoms with E-state index in [4.69, 9.17) is 4.74 Å². The van der Waals surface area contributed by atoms with Gasteiger partial charge in [0.05, 0.1) is 0 Å². The summed E-state index contributed by atoms with van der Waals surface area (Å²) >= 11 is 0. The molecule has 0 radical (unpaired) electrons. The molecule has 0 N–H and O–H groups in total. The van der Waals surface area contributed by atoms with Crippen molar-refractivity contribution in [1.82, 2.24) is 0 Å². The third-order valence-corrected chi connectivity index (χ3v) is 5.62. The lowest BCUT2D eigenvalue weighted by Gasteiger charge is -2.25. The fourth-order valence-corrected chi connectivity index (χ4v) is 4.00. The SMILES string of the molecule is CCC1CC=C(c2ccc3c(c2F)OCc2c-3ccc(OC(F)(F)F)c2F)CC1. The molecule has 2 aromatic rings. The first-order chi connectivity index (χ1) is 13.8. The highest BCUT2D eigenvalue weighted by Gasteiger charge is 2.34. The fraction of sp³-hybridized carbons (Fsp3) is 0.364. The molecular formula is C22H19F5O2. The van der Waals surface area contributed by atoms with Crippen LogP contribution in [0.3, 0.4) is 0 Å². The smallest absolute Gasteiger partial charge is 0.485 e. The summed E-state index contributed by atoms with van der Waals surface area (Å²) in [4.78, 5) is 0. The Hall–Kier alpha value is -2.57. The van der Waals surface area contributed by atoms with Crippen LogP contribution in [0.4, 0.5) is 22.0 Å². The summed E-state index contributed by atoms with van der Waals surface area (Å²) in [6.07, 6.45) is 0.808. The van der Waals surface area contributed by atoms with Gasteiger partial charge in [-0.2, -0.15) is 0 Å². The van der Waals surface area contributed by atoms with Gasteiger partial charge in [0.1, 0.15) is 6.61 Å². The first-order valence-corrected chi connectivity index (χ1v) is 9.50. The van der Waals surface area contributed by atoms with E-state index >= 15 is 4.39 Å². The van der Waals surface area contributed by atoms with Gasteiger partial charge in [0.15, 0.2) is 23.1 Å². The molecule has 2 nitrogen and oxygen atoms in total. The Morgan fingerprint density at radius 2 is 1.76 bits per heavy atom. The number of allylic oxidation sites excluding steroid dienone is 2. The van der Waals surface area contributed by atoms with Crippen molar-refractivity contribution in [2.45, 2.75) is 45.6 Å². The molecule has 0 saturated carbocycles. The van der Waals surface area contributed by atoms with Gasteiger partial charge in [-0.1, -0.05) is 25.5 Å². The predicted molar refractivity (Wildman–Crippen MR) is 98.4 cm³/mol. The molecular weight excluding hydrogens is 391 g/mol. The number of fused-ring (bicyclic) bond motifs is 3. The number of rotatable bonds is 3. The summed E-state index contributed by atoms with van der Waals surface area (Å²) in [6.45, 7) is 1.76. The lowest BCUT2D eigenvalue weighted by molar-refractivity contribution is -0.275. The van der Waals surface area contributed by atoms with Crippen LogP contribution in [0.5, 0.6) is 11.5 Å². The Labute approximate surface area is 164 Å². The topological polar surface area (TPSA) is 18.5 Å². The second-order valence-electron chi connectivity index (χ2n) is 7.32. The van der Waals surface area contributed by atoms with Crippen LogP contribution in [0.2, 0.25) is 0 Å². The molecule has 0 fully saturated rings. The van der Waals surface area contributed by atoms with Crippen molar-refractivity contribution in [3.05, 3.63) is 53.1 Å². The Kier molecular flexibility index (Phi) is 5.00. The number of ether oxygens (including phenoxy) is 2. The first-order valence-electron chi connectivity index (χ1n) is 9.50. The van der Waals surface area contributed by atoms with Gasteiger partial charge in [0.25, 0.3) is 0 Å². The van der Waals surface area contributed by atoms with Crippen LogP contribution in [0, 0.1) is 17.6 Å². The van der Waals surface area contributed by atoms with Crippen LogP contribution in [0.15, 0.2) is 30.3 Å². The second kappa shape index (κ2) is 7.35. The lowest BCUT2D eigenvalue weighted by atomic mass is 9.84. The monoisotopic (exact) mass is 410 g/mol. The van der Waals surface area contributed by atoms with Crippen LogP contribution in [0.1, 0.15) is 43.7 Å². The van der Waals surface area contributed by atoms with Gasteiger partial charge in [-0.05, 0) is 54.5 Å². The molecule has 154 valence electrons. The summed E-state index contributed by atoms with van der Waals surface area (Å²) in [5, 5.41) is 0. The van der Waals surface area contributed by atoms with E-state index in [0.29, 0.717) is 22.6 Å². The van der Waals surface area contributed by atoms with Gasteiger partial charge in [0.2, 0.25) is 0 Å². The standard InChI is InChI=1S/C22H19F5O2/c1-2-12-3-5-13(6-4-12)14-7-8-16-15-9-10-18(29-22(25,26)27)19(23)17(15)11-28-21(16)20(14)24/h5,7-10,12H,2-4,6,11H2,1H3. The average Bonchev–Trinajstić information content (AvgIpc) is 2.69. The van der Waals surface area contributed by atoms with E-state index in [1.807, 2.05) is 0 Å². The molecule has 0 amide bonds. The van der Waals surface area contributed by atoms with Crippen LogP contribution >= 0.6 is 0 Å². The number of hydrogen-bond acceptors (Lipinski definition) is 2. The van der Waals surface area contributed by atoms with E-state index in [0.717, 1.165) is 37.3 Å². The van der Waals surface area contributed by atoms with Crippen LogP contribution in [-0.4, -0.2) is 6.36 Å². The molecule has 0 bridgehead atoms. The maximum Gasteiger partial charge on any atom is 0.573 e. The molecule has 1 aliphatic heterocycles. The molecule has 2 aliphatic rings. The molecule has 2 aromatic carbocycles. The van der Waals surface area contributed by atoms with Crippen LogP contribution < -0.4 is 9.47 Å². The summed E-state index contributed by atoms with van der Waals surface area (Å²) in [7, 11) is 0. The van der Waals surface area contributed by atoms with Crippen molar-refractivity contribution in [1.29, 1.82) is 0 Å². The van der Waals surface area contributed by atoms with Gasteiger partial charge < -0.3 is 9.47 Å². The van der Waals surface area contributed by atoms with E-state index in [1.54, 1.807) is 12.1 Å². The van der Waals surface area contributed by atoms with Gasteiger partial charge in [-0.3, -0.25) is 0 Å². The number of halogens is 5. The van der Waals surface area contributed by atoms with E-state index < -0.39 is 23.7 Å². The van der Waals surface area contributed by atoms with Gasteiger partial charge in [0, 0.05) is 16.7 Å². The third-order valence-electron chi connectivity index (χ3n) is 5.62. The summed E-state index contributed by atoms with van der Waals surface area (Å²) in [6, 6.07) is 5.45. The van der Waals surface area contributed by atoms with Gasteiger partial charge in [-0.25, -0.2) is 8.78 Å². The summed E-state index contributed by atoms with van der Waals surface area (Å²) in [5.41, 5.74) is 1.90.